The molecule has 5 heteroatoms. The molecule has 3 aromatic heterocycles. The Morgan fingerprint density at radius 2 is 0.833 bits per heavy atom. The zero-order chi connectivity index (χ0) is 43.3. The fourth-order valence-electron chi connectivity index (χ4n) is 10.3. The molecule has 0 spiro atoms. The number of aromatic nitrogens is 4. The van der Waals surface area contributed by atoms with Gasteiger partial charge >= 0.3 is 0 Å². The van der Waals surface area contributed by atoms with E-state index >= 15 is 0 Å². The number of benzene rings is 11. The molecule has 0 aliphatic heterocycles. The Kier molecular flexibility index (Phi) is 8.12. The van der Waals surface area contributed by atoms with Gasteiger partial charge in [0, 0.05) is 58.6 Å². The maximum Gasteiger partial charge on any atom is 0.164 e. The Bertz CT molecular complexity index is 4200. The number of rotatable bonds is 5. The fourth-order valence-corrected chi connectivity index (χ4v) is 11.4. The molecule has 0 aliphatic rings. The van der Waals surface area contributed by atoms with Crippen molar-refractivity contribution in [3.8, 4) is 51.0 Å². The number of nitrogens with zero attached hydrogens (tertiary/aromatic N) is 4. The fraction of sp³-hybridized carbons (Fsp3) is 0. The van der Waals surface area contributed by atoms with Gasteiger partial charge in [-0.1, -0.05) is 176 Å². The van der Waals surface area contributed by atoms with Gasteiger partial charge in [0.2, 0.25) is 0 Å². The van der Waals surface area contributed by atoms with Crippen LogP contribution in [0, 0.1) is 0 Å². The Morgan fingerprint density at radius 1 is 0.303 bits per heavy atom. The van der Waals surface area contributed by atoms with Crippen LogP contribution in [0.25, 0.3) is 136 Å². The lowest BCUT2D eigenvalue weighted by Crippen LogP contribution is -2.02. The summed E-state index contributed by atoms with van der Waals surface area (Å²) >= 11 is 1.84. The van der Waals surface area contributed by atoms with Crippen LogP contribution in [-0.2, 0) is 0 Å². The summed E-state index contributed by atoms with van der Waals surface area (Å²) in [6.45, 7) is 0. The first kappa shape index (κ1) is 36.9. The smallest absolute Gasteiger partial charge is 0.164 e. The number of fused-ring (bicyclic) bond motifs is 11. The predicted molar refractivity (Wildman–Crippen MR) is 279 cm³/mol. The molecule has 0 saturated heterocycles. The number of thiophene rings is 1. The van der Waals surface area contributed by atoms with Gasteiger partial charge in [-0.15, -0.1) is 11.3 Å². The zero-order valence-corrected chi connectivity index (χ0v) is 36.3. The van der Waals surface area contributed by atoms with Crippen LogP contribution in [0.4, 0.5) is 0 Å². The first-order valence-electron chi connectivity index (χ1n) is 22.3. The van der Waals surface area contributed by atoms with E-state index in [0.29, 0.717) is 17.5 Å². The van der Waals surface area contributed by atoms with E-state index in [-0.39, 0.29) is 0 Å². The van der Waals surface area contributed by atoms with Gasteiger partial charge in [0.05, 0.1) is 16.7 Å². The number of hydrogen-bond acceptors (Lipinski definition) is 4. The van der Waals surface area contributed by atoms with Gasteiger partial charge in [0.15, 0.2) is 17.5 Å². The maximum atomic E-state index is 5.38. The van der Waals surface area contributed by atoms with Gasteiger partial charge in [0.25, 0.3) is 0 Å². The third kappa shape index (κ3) is 5.74. The zero-order valence-electron chi connectivity index (χ0n) is 35.5. The summed E-state index contributed by atoms with van der Waals surface area (Å²) in [5.41, 5.74) is 8.49. The molecule has 0 aliphatic carbocycles. The van der Waals surface area contributed by atoms with E-state index in [4.69, 9.17) is 15.0 Å². The molecule has 0 radical (unpaired) electrons. The van der Waals surface area contributed by atoms with Gasteiger partial charge in [-0.05, 0) is 85.7 Å². The highest BCUT2D eigenvalue weighted by atomic mass is 32.1. The van der Waals surface area contributed by atoms with E-state index in [9.17, 15) is 0 Å². The van der Waals surface area contributed by atoms with Crippen molar-refractivity contribution in [1.29, 1.82) is 0 Å². The Hall–Kier alpha value is -8.51. The largest absolute Gasteiger partial charge is 0.308 e. The highest BCUT2D eigenvalue weighted by Gasteiger charge is 2.22. The van der Waals surface area contributed by atoms with E-state index in [1.807, 2.05) is 11.3 Å². The lowest BCUT2D eigenvalue weighted by atomic mass is 9.98. The van der Waals surface area contributed by atoms with Crippen molar-refractivity contribution in [3.05, 3.63) is 218 Å². The molecule has 14 aromatic rings. The van der Waals surface area contributed by atoms with Crippen LogP contribution in [0.3, 0.4) is 0 Å². The van der Waals surface area contributed by atoms with Crippen molar-refractivity contribution in [1.82, 2.24) is 19.5 Å². The molecule has 306 valence electrons. The summed E-state index contributed by atoms with van der Waals surface area (Å²) < 4.78 is 5.04. The van der Waals surface area contributed by atoms with Gasteiger partial charge in [0.1, 0.15) is 0 Å². The van der Waals surface area contributed by atoms with Crippen molar-refractivity contribution in [2.45, 2.75) is 0 Å². The number of hydrogen-bond donors (Lipinski definition) is 0. The second-order valence-corrected chi connectivity index (χ2v) is 18.2. The minimum absolute atomic E-state index is 0.616. The van der Waals surface area contributed by atoms with Gasteiger partial charge in [-0.25, -0.2) is 15.0 Å². The molecule has 0 bridgehead atoms. The van der Waals surface area contributed by atoms with Crippen LogP contribution in [0.2, 0.25) is 0 Å². The highest BCUT2D eigenvalue weighted by Crippen LogP contribution is 2.44. The summed E-state index contributed by atoms with van der Waals surface area (Å²) in [5, 5.41) is 14.3. The summed E-state index contributed by atoms with van der Waals surface area (Å²) in [4.78, 5) is 16.1. The molecule has 3 heterocycles. The van der Waals surface area contributed by atoms with E-state index in [0.717, 1.165) is 60.6 Å². The summed E-state index contributed by atoms with van der Waals surface area (Å²) in [7, 11) is 0. The van der Waals surface area contributed by atoms with Gasteiger partial charge in [-0.2, -0.15) is 0 Å². The van der Waals surface area contributed by atoms with Crippen molar-refractivity contribution >= 4 is 96.4 Å². The van der Waals surface area contributed by atoms with Crippen molar-refractivity contribution in [2.24, 2.45) is 0 Å². The van der Waals surface area contributed by atoms with Crippen LogP contribution in [0.15, 0.2) is 218 Å². The van der Waals surface area contributed by atoms with Crippen LogP contribution in [0.1, 0.15) is 0 Å². The van der Waals surface area contributed by atoms with Gasteiger partial charge < -0.3 is 4.57 Å². The average molecular weight is 857 g/mol. The minimum Gasteiger partial charge on any atom is -0.308 e. The van der Waals surface area contributed by atoms with Crippen LogP contribution in [-0.4, -0.2) is 19.5 Å². The molecule has 0 N–H and O–H groups in total. The van der Waals surface area contributed by atoms with Gasteiger partial charge in [-0.3, -0.25) is 0 Å². The third-order valence-corrected chi connectivity index (χ3v) is 14.5. The van der Waals surface area contributed by atoms with Crippen molar-refractivity contribution in [2.75, 3.05) is 0 Å². The molecule has 4 nitrogen and oxygen atoms in total. The monoisotopic (exact) mass is 856 g/mol. The first-order chi connectivity index (χ1) is 32.7. The quantitative estimate of drug-likeness (QED) is 0.173. The predicted octanol–water partition coefficient (Wildman–Crippen LogP) is 16.6. The van der Waals surface area contributed by atoms with E-state index in [1.165, 1.54) is 58.0 Å². The standard InChI is InChI=1S/C61H36N4S/c1-2-17-41-35-55-53(33-40(41)16-1)49-31-27-39-15-5-8-22-46(39)58(49)65(55)54-32-29-43(34-52(54)42-28-30-48-47-23-9-10-26-56(47)66-57(48)36-42)59-62-60(50-24-11-18-37-13-3-6-20-44(37)50)64-61(63-59)51-25-12-19-38-14-4-7-21-45(38)51/h1-36H. The summed E-state index contributed by atoms with van der Waals surface area (Å²) in [5.74, 6) is 1.89. The second-order valence-electron chi connectivity index (χ2n) is 17.1. The lowest BCUT2D eigenvalue weighted by Gasteiger charge is -2.17. The molecular formula is C61H36N4S. The minimum atomic E-state index is 0.616. The third-order valence-electron chi connectivity index (χ3n) is 13.4. The van der Waals surface area contributed by atoms with E-state index in [1.54, 1.807) is 0 Å². The molecule has 66 heavy (non-hydrogen) atoms. The van der Waals surface area contributed by atoms with Crippen LogP contribution < -0.4 is 0 Å². The molecule has 0 fully saturated rings. The average Bonchev–Trinajstić information content (AvgIpc) is 3.92. The van der Waals surface area contributed by atoms with E-state index in [2.05, 4.69) is 223 Å². The highest BCUT2D eigenvalue weighted by molar-refractivity contribution is 7.25. The summed E-state index contributed by atoms with van der Waals surface area (Å²) in [6, 6.07) is 78.9. The SMILES string of the molecule is c1ccc2cc3c(cc2c1)c1ccc2ccccc2c1n3-c1ccc(-c2nc(-c3cccc4ccccc34)nc(-c3cccc4ccccc34)n2)cc1-c1ccc2c(c1)sc1ccccc12. The molecular weight excluding hydrogens is 821 g/mol. The Morgan fingerprint density at radius 3 is 1.55 bits per heavy atom. The van der Waals surface area contributed by atoms with E-state index < -0.39 is 0 Å². The normalized spacial score (nSPS) is 11.9. The van der Waals surface area contributed by atoms with Crippen LogP contribution >= 0.6 is 11.3 Å². The second kappa shape index (κ2) is 14.5. The Balaban J connectivity index is 1.08. The molecule has 0 unspecified atom stereocenters. The van der Waals surface area contributed by atoms with Crippen molar-refractivity contribution < 1.29 is 0 Å². The molecule has 0 atom stereocenters. The molecule has 0 saturated carbocycles. The lowest BCUT2D eigenvalue weighted by molar-refractivity contribution is 1.08. The molecule has 11 aromatic carbocycles. The first-order valence-corrected chi connectivity index (χ1v) is 23.2. The molecule has 0 amide bonds. The Labute approximate surface area is 383 Å². The van der Waals surface area contributed by atoms with Crippen LogP contribution in [0.5, 0.6) is 0 Å². The molecule has 14 rings (SSSR count). The summed E-state index contributed by atoms with van der Waals surface area (Å²) in [6.07, 6.45) is 0. The van der Waals surface area contributed by atoms with Crippen molar-refractivity contribution in [3.63, 3.8) is 0 Å². The maximum absolute atomic E-state index is 5.38. The topological polar surface area (TPSA) is 43.6 Å².